The zero-order valence-corrected chi connectivity index (χ0v) is 17.9. The van der Waals surface area contributed by atoms with Crippen LogP contribution in [0.3, 0.4) is 0 Å². The number of hydrogen-bond donors (Lipinski definition) is 2. The zero-order valence-electron chi connectivity index (χ0n) is 17.1. The van der Waals surface area contributed by atoms with Crippen LogP contribution < -0.4 is 5.32 Å². The molecule has 0 aliphatic carbocycles. The fourth-order valence-corrected chi connectivity index (χ4v) is 5.18. The summed E-state index contributed by atoms with van der Waals surface area (Å²) in [6, 6.07) is 1.32. The van der Waals surface area contributed by atoms with Crippen molar-refractivity contribution in [1.29, 1.82) is 0 Å². The molecule has 1 aliphatic rings. The number of aromatic nitrogens is 2. The minimum Gasteiger partial charge on any atom is -0.390 e. The number of β-amino-alcohol motifs (C(OH)–C–C–N with tert-alkyl or cyclic N) is 1. The Morgan fingerprint density at radius 1 is 1.09 bits per heavy atom. The van der Waals surface area contributed by atoms with Crippen LogP contribution in [0.4, 0.5) is 26.3 Å². The monoisotopic (exact) mass is 495 g/mol. The van der Waals surface area contributed by atoms with Gasteiger partial charge >= 0.3 is 12.4 Å². The first kappa shape index (κ1) is 23.8. The van der Waals surface area contributed by atoms with Crippen LogP contribution in [-0.2, 0) is 22.2 Å². The highest BCUT2D eigenvalue weighted by Crippen LogP contribution is 2.42. The number of sulfone groups is 1. The topological polar surface area (TPSA) is 84.2 Å². The molecule has 0 saturated carbocycles. The molecule has 2 aromatic heterocycles. The molecule has 1 aromatic carbocycles. The van der Waals surface area contributed by atoms with Gasteiger partial charge in [0.1, 0.15) is 5.65 Å². The van der Waals surface area contributed by atoms with Crippen LogP contribution in [0.5, 0.6) is 0 Å². The average molecular weight is 495 g/mol. The molecule has 2 N–H and O–H groups in total. The highest BCUT2D eigenvalue weighted by atomic mass is 32.2. The number of hydrogen-bond acceptors (Lipinski definition) is 5. The van der Waals surface area contributed by atoms with E-state index in [1.807, 2.05) is 0 Å². The van der Waals surface area contributed by atoms with Gasteiger partial charge in [0.25, 0.3) is 0 Å². The first-order valence-electron chi connectivity index (χ1n) is 9.90. The third-order valence-corrected chi connectivity index (χ3v) is 6.89. The fourth-order valence-electron chi connectivity index (χ4n) is 4.28. The number of aliphatic hydroxyl groups excluding tert-OH is 1. The van der Waals surface area contributed by atoms with Gasteiger partial charge in [-0.05, 0) is 37.6 Å². The lowest BCUT2D eigenvalue weighted by Gasteiger charge is -2.24. The van der Waals surface area contributed by atoms with Crippen LogP contribution in [0.2, 0.25) is 0 Å². The van der Waals surface area contributed by atoms with Crippen molar-refractivity contribution in [1.82, 2.24) is 14.9 Å². The van der Waals surface area contributed by atoms with E-state index in [1.165, 1.54) is 4.57 Å². The second kappa shape index (κ2) is 7.84. The third-order valence-electron chi connectivity index (χ3n) is 5.76. The normalized spacial score (nSPS) is 21.0. The summed E-state index contributed by atoms with van der Waals surface area (Å²) >= 11 is 0. The van der Waals surface area contributed by atoms with Crippen molar-refractivity contribution in [2.75, 3.05) is 19.3 Å². The van der Waals surface area contributed by atoms with Gasteiger partial charge in [-0.25, -0.2) is 13.4 Å². The van der Waals surface area contributed by atoms with E-state index in [-0.39, 0.29) is 28.5 Å². The number of fused-ring (bicyclic) bond motifs is 3. The molecule has 0 amide bonds. The highest BCUT2D eigenvalue weighted by molar-refractivity contribution is 7.90. The summed E-state index contributed by atoms with van der Waals surface area (Å²) in [4.78, 5) is 2.89. The van der Waals surface area contributed by atoms with Crippen LogP contribution >= 0.6 is 0 Å². The van der Waals surface area contributed by atoms with E-state index in [1.54, 1.807) is 0 Å². The molecule has 1 unspecified atom stereocenters. The molecule has 4 rings (SSSR count). The minimum atomic E-state index is -5.07. The molecule has 13 heteroatoms. The molecule has 6 nitrogen and oxygen atoms in total. The lowest BCUT2D eigenvalue weighted by Crippen LogP contribution is -2.31. The Labute approximate surface area is 184 Å². The SMILES string of the molecule is CS(=O)(=O)c1cc2c(cc1C(F)(F)F)c1cc(C(F)(F)F)cnc1n2[C@@H]1CCCNCC1O. The fraction of sp³-hybridized carbons (Fsp3) is 0.450. The first-order valence-corrected chi connectivity index (χ1v) is 11.8. The van der Waals surface area contributed by atoms with Gasteiger partial charge in [0.05, 0.1) is 33.7 Å². The second-order valence-electron chi connectivity index (χ2n) is 8.08. The first-order chi connectivity index (χ1) is 15.2. The van der Waals surface area contributed by atoms with Gasteiger partial charge in [-0.3, -0.25) is 0 Å². The number of halogens is 6. The predicted molar refractivity (Wildman–Crippen MR) is 108 cm³/mol. The Morgan fingerprint density at radius 2 is 1.79 bits per heavy atom. The lowest BCUT2D eigenvalue weighted by atomic mass is 10.1. The number of nitrogens with one attached hydrogen (secondary N) is 1. The van der Waals surface area contributed by atoms with Crippen molar-refractivity contribution < 1.29 is 39.9 Å². The van der Waals surface area contributed by atoms with E-state index in [0.29, 0.717) is 44.0 Å². The van der Waals surface area contributed by atoms with Crippen molar-refractivity contribution in [3.8, 4) is 0 Å². The Kier molecular flexibility index (Phi) is 5.65. The third kappa shape index (κ3) is 4.28. The van der Waals surface area contributed by atoms with Gasteiger partial charge in [0.15, 0.2) is 9.84 Å². The second-order valence-corrected chi connectivity index (χ2v) is 10.1. The quantitative estimate of drug-likeness (QED) is 0.527. The molecule has 2 atom stereocenters. The highest BCUT2D eigenvalue weighted by Gasteiger charge is 2.39. The van der Waals surface area contributed by atoms with Crippen molar-refractivity contribution in [2.45, 2.75) is 42.2 Å². The number of benzene rings is 1. The lowest BCUT2D eigenvalue weighted by molar-refractivity contribution is -0.140. The minimum absolute atomic E-state index is 0.0452. The summed E-state index contributed by atoms with van der Waals surface area (Å²) in [5, 5.41) is 13.2. The molecule has 33 heavy (non-hydrogen) atoms. The van der Waals surface area contributed by atoms with Crippen molar-refractivity contribution in [3.63, 3.8) is 0 Å². The summed E-state index contributed by atoms with van der Waals surface area (Å²) in [5.74, 6) is 0. The van der Waals surface area contributed by atoms with Gasteiger partial charge in [-0.2, -0.15) is 26.3 Å². The van der Waals surface area contributed by atoms with Crippen LogP contribution in [0.25, 0.3) is 21.9 Å². The number of aliphatic hydroxyl groups is 1. The summed E-state index contributed by atoms with van der Waals surface area (Å²) in [5.41, 5.74) is -2.74. The maximum absolute atomic E-state index is 13.7. The van der Waals surface area contributed by atoms with E-state index >= 15 is 0 Å². The Bertz CT molecular complexity index is 1330. The average Bonchev–Trinajstić information content (AvgIpc) is 2.84. The predicted octanol–water partition coefficient (Wildman–Crippen LogP) is 3.92. The number of rotatable bonds is 2. The number of alkyl halides is 6. The summed E-state index contributed by atoms with van der Waals surface area (Å²) < 4.78 is 107. The molecule has 3 aromatic rings. The maximum atomic E-state index is 13.7. The van der Waals surface area contributed by atoms with E-state index in [4.69, 9.17) is 0 Å². The van der Waals surface area contributed by atoms with Crippen molar-refractivity contribution in [2.24, 2.45) is 0 Å². The molecule has 0 spiro atoms. The molecule has 1 saturated heterocycles. The summed E-state index contributed by atoms with van der Waals surface area (Å²) in [7, 11) is -4.35. The largest absolute Gasteiger partial charge is 0.417 e. The van der Waals surface area contributed by atoms with Gasteiger partial charge < -0.3 is 15.0 Å². The smallest absolute Gasteiger partial charge is 0.390 e. The van der Waals surface area contributed by atoms with Gasteiger partial charge in [0.2, 0.25) is 0 Å². The van der Waals surface area contributed by atoms with Gasteiger partial charge in [0, 0.05) is 29.8 Å². The Balaban J connectivity index is 2.16. The Hall–Kier alpha value is -2.38. The van der Waals surface area contributed by atoms with Crippen molar-refractivity contribution >= 4 is 31.8 Å². The van der Waals surface area contributed by atoms with Gasteiger partial charge in [-0.1, -0.05) is 0 Å². The van der Waals surface area contributed by atoms with Crippen LogP contribution in [0.1, 0.15) is 30.0 Å². The van der Waals surface area contributed by atoms with Crippen LogP contribution in [0.15, 0.2) is 29.3 Å². The molecule has 3 heterocycles. The molecular weight excluding hydrogens is 476 g/mol. The molecular formula is C20H19F6N3O3S. The molecule has 0 bridgehead atoms. The summed E-state index contributed by atoms with van der Waals surface area (Å²) in [6.45, 7) is 0.704. The zero-order chi connectivity index (χ0) is 24.3. The molecule has 0 radical (unpaired) electrons. The van der Waals surface area contributed by atoms with E-state index in [0.717, 1.165) is 6.07 Å². The molecule has 1 fully saturated rings. The van der Waals surface area contributed by atoms with Crippen LogP contribution in [-0.4, -0.2) is 48.5 Å². The standard InChI is InChI=1S/C20H19F6N3O3S/c1-33(31,32)17-7-15-11(6-13(17)20(24,25)26)12-5-10(19(21,22)23)8-28-18(12)29(15)14-3-2-4-27-9-16(14)30/h5-8,14,16,27,30H,2-4,9H2,1H3/t14-,16?/m1/s1. The number of pyridine rings is 1. The van der Waals surface area contributed by atoms with Crippen molar-refractivity contribution in [3.05, 3.63) is 35.5 Å². The molecule has 180 valence electrons. The van der Waals surface area contributed by atoms with Crippen LogP contribution in [0, 0.1) is 0 Å². The van der Waals surface area contributed by atoms with E-state index in [2.05, 4.69) is 10.3 Å². The Morgan fingerprint density at radius 3 is 2.39 bits per heavy atom. The number of nitrogens with zero attached hydrogens (tertiary/aromatic N) is 2. The van der Waals surface area contributed by atoms with Gasteiger partial charge in [-0.15, -0.1) is 0 Å². The molecule has 1 aliphatic heterocycles. The summed E-state index contributed by atoms with van der Waals surface area (Å²) in [6.07, 6.45) is -8.77. The van der Waals surface area contributed by atoms with E-state index in [9.17, 15) is 39.9 Å². The van der Waals surface area contributed by atoms with E-state index < -0.39 is 50.4 Å². The maximum Gasteiger partial charge on any atom is 0.417 e.